The van der Waals surface area contributed by atoms with E-state index in [0.717, 1.165) is 16.7 Å². The maximum Gasteiger partial charge on any atom is 0.189 e. The number of carbonyl (C=O) groups excluding carboxylic acids is 1. The molecule has 3 heteroatoms. The fourth-order valence-corrected chi connectivity index (χ4v) is 2.22. The predicted molar refractivity (Wildman–Crippen MR) is 82.4 cm³/mol. The molecule has 0 radical (unpaired) electrons. The Bertz CT molecular complexity index is 647. The summed E-state index contributed by atoms with van der Waals surface area (Å²) in [7, 11) is 0. The van der Waals surface area contributed by atoms with Crippen LogP contribution in [0.1, 0.15) is 27.0 Å². The van der Waals surface area contributed by atoms with Gasteiger partial charge < -0.3 is 5.11 Å². The quantitative estimate of drug-likeness (QED) is 0.663. The van der Waals surface area contributed by atoms with Gasteiger partial charge in [0.05, 0.1) is 5.56 Å². The number of aromatic hydroxyl groups is 1. The van der Waals surface area contributed by atoms with E-state index in [-0.39, 0.29) is 11.5 Å². The van der Waals surface area contributed by atoms with Gasteiger partial charge in [0.15, 0.2) is 5.78 Å². The summed E-state index contributed by atoms with van der Waals surface area (Å²) < 4.78 is 0. The van der Waals surface area contributed by atoms with Crippen LogP contribution in [0.2, 0.25) is 5.02 Å². The van der Waals surface area contributed by atoms with Gasteiger partial charge in [-0.15, -0.1) is 0 Å². The molecule has 0 atom stereocenters. The Morgan fingerprint density at radius 1 is 1.15 bits per heavy atom. The Morgan fingerprint density at radius 3 is 2.40 bits per heavy atom. The van der Waals surface area contributed by atoms with Gasteiger partial charge in [0, 0.05) is 5.02 Å². The monoisotopic (exact) mass is 286 g/mol. The molecule has 2 nitrogen and oxygen atoms in total. The standard InChI is InChI=1S/C17H15ClO2/c1-11-9-12(2)17(16(20)10-11)15(19)8-5-13-3-6-14(18)7-4-13/h3-10,20H,1-2H3/b8-5+. The van der Waals surface area contributed by atoms with Crippen LogP contribution in [0.5, 0.6) is 5.75 Å². The summed E-state index contributed by atoms with van der Waals surface area (Å²) in [4.78, 5) is 12.2. The molecule has 0 aliphatic rings. The molecule has 0 spiro atoms. The maximum atomic E-state index is 12.2. The van der Waals surface area contributed by atoms with E-state index in [4.69, 9.17) is 11.6 Å². The van der Waals surface area contributed by atoms with Gasteiger partial charge in [-0.3, -0.25) is 4.79 Å². The summed E-state index contributed by atoms with van der Waals surface area (Å²) in [5.74, 6) is -0.191. The summed E-state index contributed by atoms with van der Waals surface area (Å²) in [5, 5.41) is 10.6. The molecule has 2 aromatic rings. The van der Waals surface area contributed by atoms with E-state index in [0.29, 0.717) is 10.6 Å². The van der Waals surface area contributed by atoms with Gasteiger partial charge in [-0.25, -0.2) is 0 Å². The smallest absolute Gasteiger partial charge is 0.189 e. The normalized spacial score (nSPS) is 10.9. The van der Waals surface area contributed by atoms with Gasteiger partial charge >= 0.3 is 0 Å². The van der Waals surface area contributed by atoms with Crippen molar-refractivity contribution in [3.8, 4) is 5.75 Å². The first-order valence-electron chi connectivity index (χ1n) is 6.25. The minimum Gasteiger partial charge on any atom is -0.507 e. The molecule has 0 bridgehead atoms. The van der Waals surface area contributed by atoms with Crippen molar-refractivity contribution in [3.63, 3.8) is 0 Å². The molecule has 0 amide bonds. The molecule has 1 N–H and O–H groups in total. The van der Waals surface area contributed by atoms with Crippen molar-refractivity contribution >= 4 is 23.5 Å². The van der Waals surface area contributed by atoms with Crippen LogP contribution in [0, 0.1) is 13.8 Å². The summed E-state index contributed by atoms with van der Waals surface area (Å²) in [6, 6.07) is 10.7. The van der Waals surface area contributed by atoms with Gasteiger partial charge in [0.2, 0.25) is 0 Å². The first-order valence-corrected chi connectivity index (χ1v) is 6.63. The third-order valence-electron chi connectivity index (χ3n) is 3.00. The molecule has 0 aromatic heterocycles. The molecule has 102 valence electrons. The Hall–Kier alpha value is -2.06. The molecule has 2 aromatic carbocycles. The molecule has 0 fully saturated rings. The summed E-state index contributed by atoms with van der Waals surface area (Å²) in [5.41, 5.74) is 2.93. The van der Waals surface area contributed by atoms with Gasteiger partial charge in [-0.1, -0.05) is 35.9 Å². The van der Waals surface area contributed by atoms with Crippen molar-refractivity contribution in [1.29, 1.82) is 0 Å². The molecule has 0 aliphatic carbocycles. The number of hydrogen-bond donors (Lipinski definition) is 1. The molecule has 0 saturated heterocycles. The lowest BCUT2D eigenvalue weighted by atomic mass is 10.00. The van der Waals surface area contributed by atoms with Crippen molar-refractivity contribution < 1.29 is 9.90 Å². The second-order valence-corrected chi connectivity index (χ2v) is 5.16. The van der Waals surface area contributed by atoms with E-state index >= 15 is 0 Å². The number of allylic oxidation sites excluding steroid dienone is 1. The van der Waals surface area contributed by atoms with E-state index < -0.39 is 0 Å². The van der Waals surface area contributed by atoms with Gasteiger partial charge in [-0.2, -0.15) is 0 Å². The van der Waals surface area contributed by atoms with Crippen LogP contribution < -0.4 is 0 Å². The Balaban J connectivity index is 2.26. The lowest BCUT2D eigenvalue weighted by Crippen LogP contribution is -1.99. The van der Waals surface area contributed by atoms with E-state index in [1.54, 1.807) is 24.3 Å². The average Bonchev–Trinajstić information content (AvgIpc) is 2.37. The highest BCUT2D eigenvalue weighted by Crippen LogP contribution is 2.24. The van der Waals surface area contributed by atoms with Gasteiger partial charge in [0.25, 0.3) is 0 Å². The number of rotatable bonds is 3. The van der Waals surface area contributed by atoms with Crippen molar-refractivity contribution in [3.05, 3.63) is 69.8 Å². The SMILES string of the molecule is Cc1cc(C)c(C(=O)/C=C/c2ccc(Cl)cc2)c(O)c1. The second kappa shape index (κ2) is 5.93. The second-order valence-electron chi connectivity index (χ2n) is 4.73. The van der Waals surface area contributed by atoms with Crippen molar-refractivity contribution in [2.24, 2.45) is 0 Å². The zero-order valence-corrected chi connectivity index (χ0v) is 12.1. The number of benzene rings is 2. The Kier molecular flexibility index (Phi) is 4.26. The molecule has 20 heavy (non-hydrogen) atoms. The Labute approximate surface area is 123 Å². The number of halogens is 1. The highest BCUT2D eigenvalue weighted by Gasteiger charge is 2.12. The van der Waals surface area contributed by atoms with E-state index in [9.17, 15) is 9.90 Å². The van der Waals surface area contributed by atoms with Crippen molar-refractivity contribution in [1.82, 2.24) is 0 Å². The van der Waals surface area contributed by atoms with Crippen LogP contribution in [0.4, 0.5) is 0 Å². The largest absolute Gasteiger partial charge is 0.507 e. The van der Waals surface area contributed by atoms with Crippen LogP contribution in [0.15, 0.2) is 42.5 Å². The summed E-state index contributed by atoms with van der Waals surface area (Å²) in [6.07, 6.45) is 3.16. The summed E-state index contributed by atoms with van der Waals surface area (Å²) in [6.45, 7) is 3.70. The van der Waals surface area contributed by atoms with Crippen LogP contribution in [0.25, 0.3) is 6.08 Å². The lowest BCUT2D eigenvalue weighted by molar-refractivity contribution is 0.104. The molecule has 0 aliphatic heterocycles. The molecular formula is C17H15ClO2. The first-order chi connectivity index (χ1) is 9.47. The summed E-state index contributed by atoms with van der Waals surface area (Å²) >= 11 is 5.80. The first kappa shape index (κ1) is 14.4. The van der Waals surface area contributed by atoms with Crippen molar-refractivity contribution in [2.75, 3.05) is 0 Å². The van der Waals surface area contributed by atoms with Crippen LogP contribution in [-0.4, -0.2) is 10.9 Å². The fourth-order valence-electron chi connectivity index (χ4n) is 2.09. The highest BCUT2D eigenvalue weighted by atomic mass is 35.5. The van der Waals surface area contributed by atoms with Gasteiger partial charge in [-0.05, 0) is 54.8 Å². The molecule has 0 saturated carbocycles. The Morgan fingerprint density at radius 2 is 1.80 bits per heavy atom. The number of phenols is 1. The third kappa shape index (κ3) is 3.28. The van der Waals surface area contributed by atoms with E-state index in [1.165, 1.54) is 6.08 Å². The number of ketones is 1. The molecule has 0 unspecified atom stereocenters. The van der Waals surface area contributed by atoms with Crippen LogP contribution >= 0.6 is 11.6 Å². The van der Waals surface area contributed by atoms with Crippen LogP contribution in [-0.2, 0) is 0 Å². The molecular weight excluding hydrogens is 272 g/mol. The zero-order chi connectivity index (χ0) is 14.7. The third-order valence-corrected chi connectivity index (χ3v) is 3.25. The lowest BCUT2D eigenvalue weighted by Gasteiger charge is -2.06. The number of carbonyl (C=O) groups is 1. The van der Waals surface area contributed by atoms with Gasteiger partial charge in [0.1, 0.15) is 5.75 Å². The van der Waals surface area contributed by atoms with Crippen molar-refractivity contribution in [2.45, 2.75) is 13.8 Å². The minimum absolute atomic E-state index is 0.0215. The highest BCUT2D eigenvalue weighted by molar-refractivity contribution is 6.30. The van der Waals surface area contributed by atoms with E-state index in [2.05, 4.69) is 0 Å². The minimum atomic E-state index is -0.213. The number of hydrogen-bond acceptors (Lipinski definition) is 2. The fraction of sp³-hybridized carbons (Fsp3) is 0.118. The number of phenolic OH excluding ortho intramolecular Hbond substituents is 1. The van der Waals surface area contributed by atoms with Crippen LogP contribution in [0.3, 0.4) is 0 Å². The molecule has 2 rings (SSSR count). The zero-order valence-electron chi connectivity index (χ0n) is 11.4. The predicted octanol–water partition coefficient (Wildman–Crippen LogP) is 4.56. The molecule has 0 heterocycles. The topological polar surface area (TPSA) is 37.3 Å². The van der Waals surface area contributed by atoms with E-state index in [1.807, 2.05) is 32.0 Å². The maximum absolute atomic E-state index is 12.2. The number of aryl methyl sites for hydroxylation is 2. The average molecular weight is 287 g/mol.